The number of hydrogen-bond donors (Lipinski definition) is 0. The first-order valence-electron chi connectivity index (χ1n) is 9.10. The van der Waals surface area contributed by atoms with Crippen molar-refractivity contribution < 1.29 is 4.79 Å². The van der Waals surface area contributed by atoms with Crippen LogP contribution in [0.3, 0.4) is 0 Å². The van der Waals surface area contributed by atoms with Crippen LogP contribution in [0.1, 0.15) is 37.7 Å². The van der Waals surface area contributed by atoms with Crippen molar-refractivity contribution in [2.75, 3.05) is 21.1 Å². The Morgan fingerprint density at radius 3 is 2.08 bits per heavy atom. The van der Waals surface area contributed by atoms with Crippen LogP contribution in [-0.2, 0) is 11.2 Å². The maximum atomic E-state index is 12.6. The van der Waals surface area contributed by atoms with Gasteiger partial charge in [0.25, 0.3) is 0 Å². The first-order chi connectivity index (χ1) is 11.4. The summed E-state index contributed by atoms with van der Waals surface area (Å²) in [6, 6.07) is 9.00. The van der Waals surface area contributed by atoms with Crippen molar-refractivity contribution in [3.8, 4) is 0 Å². The molecule has 0 saturated heterocycles. The summed E-state index contributed by atoms with van der Waals surface area (Å²) < 4.78 is 0. The number of hydrogen-bond acceptors (Lipinski definition) is 2. The molecule has 1 amide bonds. The Kier molecular flexibility index (Phi) is 5.51. The van der Waals surface area contributed by atoms with E-state index >= 15 is 0 Å². The van der Waals surface area contributed by atoms with Crippen LogP contribution in [0.2, 0.25) is 5.02 Å². The summed E-state index contributed by atoms with van der Waals surface area (Å²) in [6.07, 6.45) is 6.38. The van der Waals surface area contributed by atoms with E-state index in [-0.39, 0.29) is 5.91 Å². The normalized spacial score (nSPS) is 29.0. The van der Waals surface area contributed by atoms with E-state index in [1.54, 1.807) is 0 Å². The summed E-state index contributed by atoms with van der Waals surface area (Å²) in [7, 11) is 6.38. The Labute approximate surface area is 151 Å². The molecule has 0 heterocycles. The number of halogens is 1. The lowest BCUT2D eigenvalue weighted by Gasteiger charge is -2.27. The van der Waals surface area contributed by atoms with Gasteiger partial charge in [-0.3, -0.25) is 4.79 Å². The number of nitrogens with zero attached hydrogens (tertiary/aromatic N) is 2. The van der Waals surface area contributed by atoms with Crippen LogP contribution < -0.4 is 0 Å². The van der Waals surface area contributed by atoms with Gasteiger partial charge in [-0.1, -0.05) is 23.7 Å². The minimum atomic E-state index is 0.277. The van der Waals surface area contributed by atoms with E-state index < -0.39 is 0 Å². The number of carbonyl (C=O) groups excluding carboxylic acids is 1. The molecule has 24 heavy (non-hydrogen) atoms. The number of aryl methyl sites for hydroxylation is 1. The molecule has 0 aliphatic heterocycles. The molecule has 2 saturated carbocycles. The third-order valence-electron chi connectivity index (χ3n) is 6.18. The quantitative estimate of drug-likeness (QED) is 0.807. The molecule has 132 valence electrons. The van der Waals surface area contributed by atoms with E-state index in [0.29, 0.717) is 12.5 Å². The van der Waals surface area contributed by atoms with E-state index in [0.717, 1.165) is 29.3 Å². The number of carbonyl (C=O) groups is 1. The summed E-state index contributed by atoms with van der Waals surface area (Å²) in [5.74, 6) is 1.90. The molecule has 2 aliphatic rings. The first kappa shape index (κ1) is 17.8. The van der Waals surface area contributed by atoms with Gasteiger partial charge in [0.1, 0.15) is 0 Å². The van der Waals surface area contributed by atoms with Crippen LogP contribution in [0, 0.1) is 11.8 Å². The monoisotopic (exact) mass is 348 g/mol. The van der Waals surface area contributed by atoms with E-state index in [9.17, 15) is 4.79 Å². The van der Waals surface area contributed by atoms with E-state index in [4.69, 9.17) is 11.6 Å². The van der Waals surface area contributed by atoms with Crippen LogP contribution in [0.5, 0.6) is 0 Å². The minimum absolute atomic E-state index is 0.277. The fraction of sp³-hybridized carbons (Fsp3) is 0.650. The molecule has 3 nitrogen and oxygen atoms in total. The van der Waals surface area contributed by atoms with Crippen LogP contribution in [-0.4, -0.2) is 48.9 Å². The zero-order valence-corrected chi connectivity index (χ0v) is 15.8. The summed E-state index contributed by atoms with van der Waals surface area (Å²) >= 11 is 5.91. The van der Waals surface area contributed by atoms with Crippen molar-refractivity contribution in [3.63, 3.8) is 0 Å². The molecule has 0 bridgehead atoms. The Morgan fingerprint density at radius 2 is 1.54 bits per heavy atom. The van der Waals surface area contributed by atoms with E-state index in [1.807, 2.05) is 36.2 Å². The molecule has 1 aromatic rings. The van der Waals surface area contributed by atoms with Crippen LogP contribution in [0.4, 0.5) is 0 Å². The number of benzene rings is 1. The highest BCUT2D eigenvalue weighted by Gasteiger charge is 2.43. The molecule has 2 aliphatic carbocycles. The predicted octanol–water partition coefficient (Wildman–Crippen LogP) is 3.85. The Balaban J connectivity index is 1.48. The summed E-state index contributed by atoms with van der Waals surface area (Å²) in [4.78, 5) is 17.0. The summed E-state index contributed by atoms with van der Waals surface area (Å²) in [5.41, 5.74) is 1.18. The van der Waals surface area contributed by atoms with Gasteiger partial charge in [-0.25, -0.2) is 0 Å². The fourth-order valence-electron chi connectivity index (χ4n) is 4.57. The molecular weight excluding hydrogens is 320 g/mol. The highest BCUT2D eigenvalue weighted by atomic mass is 35.5. The molecule has 4 heteroatoms. The van der Waals surface area contributed by atoms with Crippen LogP contribution in [0.15, 0.2) is 24.3 Å². The lowest BCUT2D eigenvalue weighted by Crippen LogP contribution is -2.36. The molecule has 2 unspecified atom stereocenters. The van der Waals surface area contributed by atoms with Gasteiger partial charge in [-0.05, 0) is 75.7 Å². The number of fused-ring (bicyclic) bond motifs is 1. The van der Waals surface area contributed by atoms with Crippen molar-refractivity contribution >= 4 is 17.5 Å². The second-order valence-corrected chi connectivity index (χ2v) is 8.30. The van der Waals surface area contributed by atoms with Gasteiger partial charge in [0, 0.05) is 30.6 Å². The minimum Gasteiger partial charge on any atom is -0.343 e. The summed E-state index contributed by atoms with van der Waals surface area (Å²) in [5, 5.41) is 0.746. The lowest BCUT2D eigenvalue weighted by molar-refractivity contribution is -0.131. The smallest absolute Gasteiger partial charge is 0.222 e. The van der Waals surface area contributed by atoms with Crippen molar-refractivity contribution in [1.29, 1.82) is 0 Å². The first-order valence-corrected chi connectivity index (χ1v) is 9.48. The second kappa shape index (κ2) is 7.45. The van der Waals surface area contributed by atoms with Gasteiger partial charge in [-0.2, -0.15) is 0 Å². The van der Waals surface area contributed by atoms with Gasteiger partial charge in [0.2, 0.25) is 5.91 Å². The fourth-order valence-corrected chi connectivity index (χ4v) is 4.70. The Bertz CT molecular complexity index is 558. The molecule has 1 aromatic carbocycles. The number of rotatable bonds is 5. The highest BCUT2D eigenvalue weighted by Crippen LogP contribution is 2.46. The van der Waals surface area contributed by atoms with Gasteiger partial charge >= 0.3 is 0 Å². The maximum Gasteiger partial charge on any atom is 0.222 e. The molecule has 0 radical (unpaired) electrons. The zero-order chi connectivity index (χ0) is 17.3. The van der Waals surface area contributed by atoms with Crippen LogP contribution >= 0.6 is 11.6 Å². The van der Waals surface area contributed by atoms with Crippen molar-refractivity contribution in [3.05, 3.63) is 34.9 Å². The molecule has 4 atom stereocenters. The standard InChI is InChI=1S/C20H29ClN2O/c1-22(2)18-10-15-12-19(13-16(15)11-18)23(3)20(24)9-6-14-4-7-17(21)8-5-14/h4-5,7-8,15-16,18-19H,6,9-13H2,1-3H3/t15-,16+,18?,19?. The predicted molar refractivity (Wildman–Crippen MR) is 99.3 cm³/mol. The zero-order valence-electron chi connectivity index (χ0n) is 15.0. The topological polar surface area (TPSA) is 23.6 Å². The average Bonchev–Trinajstić information content (AvgIpc) is 3.12. The third kappa shape index (κ3) is 3.94. The highest BCUT2D eigenvalue weighted by molar-refractivity contribution is 6.30. The molecule has 3 rings (SSSR count). The molecular formula is C20H29ClN2O. The second-order valence-electron chi connectivity index (χ2n) is 7.87. The number of amides is 1. The van der Waals surface area contributed by atoms with Crippen molar-refractivity contribution in [1.82, 2.24) is 9.80 Å². The van der Waals surface area contributed by atoms with Crippen molar-refractivity contribution in [2.45, 2.75) is 50.6 Å². The Hall–Kier alpha value is -1.06. The lowest BCUT2D eigenvalue weighted by atomic mass is 10.0. The average molecular weight is 349 g/mol. The maximum absolute atomic E-state index is 12.6. The van der Waals surface area contributed by atoms with Crippen molar-refractivity contribution in [2.24, 2.45) is 11.8 Å². The molecule has 2 fully saturated rings. The Morgan fingerprint density at radius 1 is 1.00 bits per heavy atom. The van der Waals surface area contributed by atoms with E-state index in [2.05, 4.69) is 19.0 Å². The largest absolute Gasteiger partial charge is 0.343 e. The molecule has 0 aromatic heterocycles. The molecule has 0 N–H and O–H groups in total. The molecule has 0 spiro atoms. The van der Waals surface area contributed by atoms with E-state index in [1.165, 1.54) is 31.2 Å². The van der Waals surface area contributed by atoms with Gasteiger partial charge in [0.05, 0.1) is 0 Å². The van der Waals surface area contributed by atoms with Crippen LogP contribution in [0.25, 0.3) is 0 Å². The summed E-state index contributed by atoms with van der Waals surface area (Å²) in [6.45, 7) is 0. The third-order valence-corrected chi connectivity index (χ3v) is 6.43. The van der Waals surface area contributed by atoms with Gasteiger partial charge in [0.15, 0.2) is 0 Å². The SMILES string of the molecule is CN(C)C1C[C@@H]2CC(N(C)C(=O)CCc3ccc(Cl)cc3)C[C@@H]2C1. The van der Waals surface area contributed by atoms with Gasteiger partial charge < -0.3 is 9.80 Å². The van der Waals surface area contributed by atoms with Gasteiger partial charge in [-0.15, -0.1) is 0 Å².